The standard InChI is InChI=1S/C16H19ClFIN2/c1-10(17)15-20-13-9-12(19)11(18)8-14(13)21(15)16(2)6-4-3-5-7-16/h8-10H,3-7H2,1-2H3. The summed E-state index contributed by atoms with van der Waals surface area (Å²) in [6.45, 7) is 4.19. The van der Waals surface area contributed by atoms with Gasteiger partial charge in [-0.05, 0) is 55.3 Å². The fourth-order valence-corrected chi connectivity index (χ4v) is 4.06. The molecule has 1 unspecified atom stereocenters. The number of alkyl halides is 1. The summed E-state index contributed by atoms with van der Waals surface area (Å²) in [5, 5.41) is -0.183. The van der Waals surface area contributed by atoms with E-state index in [-0.39, 0.29) is 16.7 Å². The SMILES string of the molecule is CC(Cl)c1nc2cc(I)c(F)cc2n1C1(C)CCCCC1. The molecule has 0 bridgehead atoms. The van der Waals surface area contributed by atoms with Crippen LogP contribution in [0.2, 0.25) is 0 Å². The van der Waals surface area contributed by atoms with Gasteiger partial charge in [-0.15, -0.1) is 11.6 Å². The summed E-state index contributed by atoms with van der Waals surface area (Å²) in [5.41, 5.74) is 1.71. The summed E-state index contributed by atoms with van der Waals surface area (Å²) in [7, 11) is 0. The molecule has 5 heteroatoms. The average molecular weight is 421 g/mol. The van der Waals surface area contributed by atoms with E-state index in [2.05, 4.69) is 11.5 Å². The lowest BCUT2D eigenvalue weighted by atomic mass is 9.82. The molecule has 3 rings (SSSR count). The number of rotatable bonds is 2. The minimum atomic E-state index is -0.183. The topological polar surface area (TPSA) is 17.8 Å². The van der Waals surface area contributed by atoms with Crippen molar-refractivity contribution in [3.8, 4) is 0 Å². The van der Waals surface area contributed by atoms with Crippen molar-refractivity contribution >= 4 is 45.2 Å². The number of fused-ring (bicyclic) bond motifs is 1. The number of nitrogens with zero attached hydrogens (tertiary/aromatic N) is 2. The lowest BCUT2D eigenvalue weighted by Gasteiger charge is -2.37. The molecule has 1 atom stereocenters. The second-order valence-electron chi connectivity index (χ2n) is 6.23. The predicted molar refractivity (Wildman–Crippen MR) is 93.4 cm³/mol. The van der Waals surface area contributed by atoms with Crippen LogP contribution < -0.4 is 0 Å². The summed E-state index contributed by atoms with van der Waals surface area (Å²) in [5.74, 6) is 0.676. The normalized spacial score (nSPS) is 19.9. The van der Waals surface area contributed by atoms with Gasteiger partial charge in [0.15, 0.2) is 0 Å². The van der Waals surface area contributed by atoms with Crippen LogP contribution in [0.15, 0.2) is 12.1 Å². The van der Waals surface area contributed by atoms with Crippen LogP contribution in [0.3, 0.4) is 0 Å². The zero-order valence-electron chi connectivity index (χ0n) is 12.3. The third-order valence-corrected chi connectivity index (χ3v) is 5.57. The number of benzene rings is 1. The molecule has 21 heavy (non-hydrogen) atoms. The van der Waals surface area contributed by atoms with Gasteiger partial charge in [0.1, 0.15) is 11.6 Å². The Morgan fingerprint density at radius 3 is 2.62 bits per heavy atom. The summed E-state index contributed by atoms with van der Waals surface area (Å²) in [6, 6.07) is 3.43. The van der Waals surface area contributed by atoms with E-state index in [1.165, 1.54) is 19.3 Å². The van der Waals surface area contributed by atoms with Crippen molar-refractivity contribution in [3.05, 3.63) is 27.3 Å². The average Bonchev–Trinajstić information content (AvgIpc) is 2.79. The van der Waals surface area contributed by atoms with Crippen molar-refractivity contribution in [1.82, 2.24) is 9.55 Å². The van der Waals surface area contributed by atoms with E-state index in [4.69, 9.17) is 16.6 Å². The van der Waals surface area contributed by atoms with E-state index in [1.807, 2.05) is 35.6 Å². The van der Waals surface area contributed by atoms with Gasteiger partial charge in [-0.3, -0.25) is 0 Å². The van der Waals surface area contributed by atoms with Crippen LogP contribution in [-0.2, 0) is 5.54 Å². The summed E-state index contributed by atoms with van der Waals surface area (Å²) < 4.78 is 16.9. The Balaban J connectivity index is 2.27. The third-order valence-electron chi connectivity index (χ3n) is 4.55. The number of hydrogen-bond acceptors (Lipinski definition) is 1. The molecule has 1 aliphatic rings. The fourth-order valence-electron chi connectivity index (χ4n) is 3.46. The lowest BCUT2D eigenvalue weighted by molar-refractivity contribution is 0.219. The molecule has 1 saturated carbocycles. The maximum Gasteiger partial charge on any atom is 0.138 e. The Labute approximate surface area is 143 Å². The highest BCUT2D eigenvalue weighted by atomic mass is 127. The molecular formula is C16H19ClFIN2. The van der Waals surface area contributed by atoms with Gasteiger partial charge in [-0.25, -0.2) is 9.37 Å². The molecule has 2 nitrogen and oxygen atoms in total. The molecule has 1 aliphatic carbocycles. The molecule has 1 aromatic carbocycles. The van der Waals surface area contributed by atoms with E-state index in [9.17, 15) is 4.39 Å². The first-order valence-electron chi connectivity index (χ1n) is 7.44. The van der Waals surface area contributed by atoms with Gasteiger partial charge in [0, 0.05) is 11.6 Å². The highest BCUT2D eigenvalue weighted by Crippen LogP contribution is 2.40. The Kier molecular flexibility index (Phi) is 4.21. The molecule has 1 heterocycles. The van der Waals surface area contributed by atoms with Gasteiger partial charge in [-0.2, -0.15) is 0 Å². The fraction of sp³-hybridized carbons (Fsp3) is 0.562. The van der Waals surface area contributed by atoms with E-state index in [0.717, 1.165) is 29.7 Å². The van der Waals surface area contributed by atoms with Gasteiger partial charge >= 0.3 is 0 Å². The van der Waals surface area contributed by atoms with Crippen LogP contribution in [0.4, 0.5) is 4.39 Å². The largest absolute Gasteiger partial charge is 0.321 e. The first-order chi connectivity index (χ1) is 9.92. The number of imidazole rings is 1. The first-order valence-corrected chi connectivity index (χ1v) is 8.96. The van der Waals surface area contributed by atoms with Crippen molar-refractivity contribution in [2.75, 3.05) is 0 Å². The highest BCUT2D eigenvalue weighted by Gasteiger charge is 2.33. The minimum Gasteiger partial charge on any atom is -0.321 e. The van der Waals surface area contributed by atoms with Crippen LogP contribution in [-0.4, -0.2) is 9.55 Å². The van der Waals surface area contributed by atoms with E-state index in [0.29, 0.717) is 3.57 Å². The predicted octanol–water partition coefficient (Wildman–Crippen LogP) is 5.76. The monoisotopic (exact) mass is 420 g/mol. The van der Waals surface area contributed by atoms with Crippen LogP contribution in [0.1, 0.15) is 57.2 Å². The molecule has 1 aromatic heterocycles. The summed E-state index contributed by atoms with van der Waals surface area (Å²) in [4.78, 5) is 4.69. The Morgan fingerprint density at radius 1 is 1.33 bits per heavy atom. The number of aromatic nitrogens is 2. The van der Waals surface area contributed by atoms with Gasteiger partial charge in [0.05, 0.1) is 20.0 Å². The Hall–Kier alpha value is -0.360. The number of hydrogen-bond donors (Lipinski definition) is 0. The Morgan fingerprint density at radius 2 is 2.00 bits per heavy atom. The van der Waals surface area contributed by atoms with Crippen molar-refractivity contribution in [2.45, 2.75) is 56.9 Å². The maximum atomic E-state index is 14.0. The highest BCUT2D eigenvalue weighted by molar-refractivity contribution is 14.1. The van der Waals surface area contributed by atoms with Crippen LogP contribution in [0, 0.1) is 9.39 Å². The van der Waals surface area contributed by atoms with Crippen molar-refractivity contribution in [2.24, 2.45) is 0 Å². The molecule has 2 aromatic rings. The smallest absolute Gasteiger partial charge is 0.138 e. The lowest BCUT2D eigenvalue weighted by Crippen LogP contribution is -2.34. The maximum absolute atomic E-state index is 14.0. The molecule has 0 radical (unpaired) electrons. The van der Waals surface area contributed by atoms with Crippen molar-refractivity contribution in [3.63, 3.8) is 0 Å². The summed E-state index contributed by atoms with van der Waals surface area (Å²) in [6.07, 6.45) is 5.89. The van der Waals surface area contributed by atoms with Gasteiger partial charge in [-0.1, -0.05) is 19.3 Å². The molecule has 0 saturated heterocycles. The zero-order chi connectivity index (χ0) is 15.2. The van der Waals surface area contributed by atoms with Crippen molar-refractivity contribution in [1.29, 1.82) is 0 Å². The molecule has 1 fully saturated rings. The zero-order valence-corrected chi connectivity index (χ0v) is 15.2. The minimum absolute atomic E-state index is 0.00921. The van der Waals surface area contributed by atoms with Crippen LogP contribution in [0.5, 0.6) is 0 Å². The van der Waals surface area contributed by atoms with E-state index < -0.39 is 0 Å². The van der Waals surface area contributed by atoms with Gasteiger partial charge < -0.3 is 4.57 Å². The molecule has 0 spiro atoms. The quantitative estimate of drug-likeness (QED) is 0.446. The van der Waals surface area contributed by atoms with Crippen molar-refractivity contribution < 1.29 is 4.39 Å². The van der Waals surface area contributed by atoms with E-state index in [1.54, 1.807) is 6.07 Å². The summed E-state index contributed by atoms with van der Waals surface area (Å²) >= 11 is 8.37. The first kappa shape index (κ1) is 15.5. The Bertz CT molecular complexity index is 674. The molecule has 0 amide bonds. The molecule has 0 aliphatic heterocycles. The molecular weight excluding hydrogens is 402 g/mol. The second-order valence-corrected chi connectivity index (χ2v) is 8.05. The van der Waals surface area contributed by atoms with Crippen LogP contribution >= 0.6 is 34.2 Å². The third kappa shape index (κ3) is 2.69. The van der Waals surface area contributed by atoms with Crippen LogP contribution in [0.25, 0.3) is 11.0 Å². The van der Waals surface area contributed by atoms with Gasteiger partial charge in [0.25, 0.3) is 0 Å². The van der Waals surface area contributed by atoms with E-state index >= 15 is 0 Å². The molecule has 114 valence electrons. The second kappa shape index (κ2) is 5.69. The molecule has 0 N–H and O–H groups in total. The number of halogens is 3. The van der Waals surface area contributed by atoms with Gasteiger partial charge in [0.2, 0.25) is 0 Å².